The van der Waals surface area contributed by atoms with Crippen molar-refractivity contribution >= 4 is 22.8 Å². The van der Waals surface area contributed by atoms with E-state index in [2.05, 4.69) is 31.8 Å². The number of fused-ring (bicyclic) bond motifs is 1. The number of aryl methyl sites for hydroxylation is 1. The van der Waals surface area contributed by atoms with E-state index in [9.17, 15) is 4.79 Å². The Morgan fingerprint density at radius 1 is 1.11 bits per heavy atom. The molecule has 0 fully saturated rings. The lowest BCUT2D eigenvalue weighted by molar-refractivity contribution is 0.878. The first kappa shape index (κ1) is 17.6. The van der Waals surface area contributed by atoms with E-state index < -0.39 is 0 Å². The third kappa shape index (κ3) is 3.39. The average Bonchev–Trinajstić information content (AvgIpc) is 3.12. The Morgan fingerprint density at radius 2 is 1.89 bits per heavy atom. The van der Waals surface area contributed by atoms with Gasteiger partial charge in [0.1, 0.15) is 0 Å². The molecule has 0 bridgehead atoms. The van der Waals surface area contributed by atoms with Crippen LogP contribution in [0.3, 0.4) is 0 Å². The largest absolute Gasteiger partial charge is 0.399 e. The fourth-order valence-electron chi connectivity index (χ4n) is 2.99. The van der Waals surface area contributed by atoms with Crippen molar-refractivity contribution < 1.29 is 0 Å². The molecule has 5 N–H and O–H groups in total. The molecular weight excluding hydrogens is 354 g/mol. The zero-order valence-corrected chi connectivity index (χ0v) is 15.7. The van der Waals surface area contributed by atoms with Crippen molar-refractivity contribution in [3.63, 3.8) is 0 Å². The summed E-state index contributed by atoms with van der Waals surface area (Å²) in [5.41, 5.74) is 10.8. The van der Waals surface area contributed by atoms with Gasteiger partial charge in [-0.1, -0.05) is 0 Å². The van der Waals surface area contributed by atoms with Crippen LogP contribution in [-0.2, 0) is 6.54 Å². The molecule has 0 aliphatic carbocycles. The van der Waals surface area contributed by atoms with Crippen LogP contribution in [0, 0.1) is 6.92 Å². The van der Waals surface area contributed by atoms with E-state index >= 15 is 0 Å². The second kappa shape index (κ2) is 7.07. The fourth-order valence-corrected chi connectivity index (χ4v) is 2.99. The summed E-state index contributed by atoms with van der Waals surface area (Å²) in [4.78, 5) is 21.4. The molecular formula is C20H21N7O. The molecule has 0 aliphatic rings. The molecule has 0 radical (unpaired) electrons. The van der Waals surface area contributed by atoms with E-state index in [0.717, 1.165) is 22.5 Å². The number of hydrogen-bond donors (Lipinski definition) is 4. The van der Waals surface area contributed by atoms with Gasteiger partial charge in [-0.2, -0.15) is 9.50 Å². The van der Waals surface area contributed by atoms with Crippen LogP contribution in [0.4, 0.5) is 17.1 Å². The average molecular weight is 375 g/mol. The minimum Gasteiger partial charge on any atom is -0.399 e. The highest BCUT2D eigenvalue weighted by Gasteiger charge is 2.10. The van der Waals surface area contributed by atoms with Crippen molar-refractivity contribution in [1.29, 1.82) is 0 Å². The van der Waals surface area contributed by atoms with Gasteiger partial charge < -0.3 is 16.4 Å². The van der Waals surface area contributed by atoms with E-state index in [0.29, 0.717) is 29.5 Å². The van der Waals surface area contributed by atoms with E-state index in [4.69, 9.17) is 5.73 Å². The molecule has 2 aromatic heterocycles. The van der Waals surface area contributed by atoms with Gasteiger partial charge in [0.15, 0.2) is 5.82 Å². The lowest BCUT2D eigenvalue weighted by atomic mass is 10.1. The van der Waals surface area contributed by atoms with Crippen molar-refractivity contribution in [3.8, 4) is 11.4 Å². The molecule has 8 heteroatoms. The zero-order valence-electron chi connectivity index (χ0n) is 15.7. The predicted octanol–water partition coefficient (Wildman–Crippen LogP) is 2.63. The standard InChI is InChI=1S/C20H21N7O/c1-12-9-15(22-2)7-8-17(12)23-11-16-10-18(28)27-20(24-16)25-19(26-27)13-3-5-14(21)6-4-13/h3-10,22-23H,11,21H2,1-2H3,(H,24,25,26). The molecule has 0 amide bonds. The maximum absolute atomic E-state index is 12.5. The van der Waals surface area contributed by atoms with E-state index in [1.165, 1.54) is 10.6 Å². The highest BCUT2D eigenvalue weighted by Crippen LogP contribution is 2.20. The number of aromatic amines is 1. The van der Waals surface area contributed by atoms with Crippen molar-refractivity contribution in [2.24, 2.45) is 0 Å². The number of nitrogens with two attached hydrogens (primary N) is 1. The Kier molecular flexibility index (Phi) is 4.44. The van der Waals surface area contributed by atoms with Crippen LogP contribution >= 0.6 is 0 Å². The first-order valence-electron chi connectivity index (χ1n) is 8.90. The molecule has 4 rings (SSSR count). The third-order valence-electron chi connectivity index (χ3n) is 4.54. The molecule has 0 spiro atoms. The van der Waals surface area contributed by atoms with Crippen LogP contribution in [0.5, 0.6) is 0 Å². The van der Waals surface area contributed by atoms with Gasteiger partial charge in [0, 0.05) is 35.7 Å². The third-order valence-corrected chi connectivity index (χ3v) is 4.54. The van der Waals surface area contributed by atoms with Crippen LogP contribution in [0.25, 0.3) is 17.2 Å². The van der Waals surface area contributed by atoms with E-state index in [1.807, 2.05) is 38.2 Å². The van der Waals surface area contributed by atoms with Gasteiger partial charge in [0.2, 0.25) is 0 Å². The molecule has 142 valence electrons. The molecule has 0 unspecified atom stereocenters. The summed E-state index contributed by atoms with van der Waals surface area (Å²) >= 11 is 0. The highest BCUT2D eigenvalue weighted by atomic mass is 16.1. The quantitative estimate of drug-likeness (QED) is 0.399. The monoisotopic (exact) mass is 375 g/mol. The molecule has 0 saturated heterocycles. The minimum absolute atomic E-state index is 0.210. The molecule has 2 aromatic carbocycles. The van der Waals surface area contributed by atoms with Gasteiger partial charge in [-0.05, 0) is 55.0 Å². The number of hydrogen-bond acceptors (Lipinski definition) is 6. The lowest BCUT2D eigenvalue weighted by Crippen LogP contribution is -2.17. The van der Waals surface area contributed by atoms with Crippen molar-refractivity contribution in [3.05, 3.63) is 70.1 Å². The second-order valence-electron chi connectivity index (χ2n) is 6.55. The first-order valence-corrected chi connectivity index (χ1v) is 8.90. The van der Waals surface area contributed by atoms with Crippen LogP contribution < -0.4 is 21.9 Å². The summed E-state index contributed by atoms with van der Waals surface area (Å²) in [6, 6.07) is 14.8. The molecule has 28 heavy (non-hydrogen) atoms. The van der Waals surface area contributed by atoms with E-state index in [1.54, 1.807) is 12.1 Å². The number of anilines is 3. The SMILES string of the molecule is CNc1ccc(NCc2cc(=O)n3[nH]c(-c4ccc(N)cc4)nc3n2)c(C)c1. The van der Waals surface area contributed by atoms with Gasteiger partial charge in [-0.3, -0.25) is 9.89 Å². The topological polar surface area (TPSA) is 113 Å². The van der Waals surface area contributed by atoms with Gasteiger partial charge in [0.05, 0.1) is 12.2 Å². The maximum atomic E-state index is 12.5. The van der Waals surface area contributed by atoms with Crippen LogP contribution in [0.15, 0.2) is 53.3 Å². The summed E-state index contributed by atoms with van der Waals surface area (Å²) in [5, 5.41) is 9.42. The number of nitrogen functional groups attached to an aromatic ring is 1. The minimum atomic E-state index is -0.210. The van der Waals surface area contributed by atoms with Crippen LogP contribution in [0.1, 0.15) is 11.3 Å². The molecule has 8 nitrogen and oxygen atoms in total. The highest BCUT2D eigenvalue weighted by molar-refractivity contribution is 5.60. The summed E-state index contributed by atoms with van der Waals surface area (Å²) < 4.78 is 1.34. The second-order valence-corrected chi connectivity index (χ2v) is 6.55. The first-order chi connectivity index (χ1) is 13.5. The Bertz CT molecular complexity index is 1190. The van der Waals surface area contributed by atoms with Gasteiger partial charge >= 0.3 is 0 Å². The predicted molar refractivity (Wildman–Crippen MR) is 112 cm³/mol. The van der Waals surface area contributed by atoms with Crippen molar-refractivity contribution in [2.45, 2.75) is 13.5 Å². The number of H-pyrrole nitrogens is 1. The summed E-state index contributed by atoms with van der Waals surface area (Å²) in [6.45, 7) is 2.46. The van der Waals surface area contributed by atoms with Crippen molar-refractivity contribution in [1.82, 2.24) is 19.6 Å². The van der Waals surface area contributed by atoms with Gasteiger partial charge in [-0.15, -0.1) is 0 Å². The Labute approximate surface area is 161 Å². The summed E-state index contributed by atoms with van der Waals surface area (Å²) in [6.07, 6.45) is 0. The van der Waals surface area contributed by atoms with Crippen molar-refractivity contribution in [2.75, 3.05) is 23.4 Å². The number of nitrogens with zero attached hydrogens (tertiary/aromatic N) is 3. The zero-order chi connectivity index (χ0) is 19.7. The molecule has 0 aliphatic heterocycles. The smallest absolute Gasteiger partial charge is 0.274 e. The van der Waals surface area contributed by atoms with E-state index in [-0.39, 0.29) is 5.56 Å². The van der Waals surface area contributed by atoms with Crippen LogP contribution in [0.2, 0.25) is 0 Å². The van der Waals surface area contributed by atoms with Gasteiger partial charge in [-0.25, -0.2) is 4.98 Å². The molecule has 0 atom stereocenters. The lowest BCUT2D eigenvalue weighted by Gasteiger charge is -2.10. The number of aromatic nitrogens is 4. The summed E-state index contributed by atoms with van der Waals surface area (Å²) in [5.74, 6) is 0.895. The normalized spacial score (nSPS) is 10.9. The van der Waals surface area contributed by atoms with Crippen LogP contribution in [-0.4, -0.2) is 26.6 Å². The van der Waals surface area contributed by atoms with Gasteiger partial charge in [0.25, 0.3) is 11.3 Å². The number of rotatable bonds is 5. The Hall–Kier alpha value is -3.81. The molecule has 0 saturated carbocycles. The molecule has 2 heterocycles. The maximum Gasteiger partial charge on any atom is 0.274 e. The molecule has 4 aromatic rings. The Morgan fingerprint density at radius 3 is 2.61 bits per heavy atom. The number of nitrogens with one attached hydrogen (secondary N) is 3. The summed E-state index contributed by atoms with van der Waals surface area (Å²) in [7, 11) is 1.89. The number of benzene rings is 2. The fraction of sp³-hybridized carbons (Fsp3) is 0.150. The Balaban J connectivity index is 1.60.